The van der Waals surface area contributed by atoms with Gasteiger partial charge in [0.1, 0.15) is 17.4 Å². The Bertz CT molecular complexity index is 903. The van der Waals surface area contributed by atoms with Crippen LogP contribution in [0, 0.1) is 25.2 Å². The van der Waals surface area contributed by atoms with Gasteiger partial charge in [-0.15, -0.1) is 0 Å². The maximum absolute atomic E-state index is 12.3. The first-order valence-electron chi connectivity index (χ1n) is 8.18. The molecule has 2 aromatic rings. The molecule has 0 aliphatic carbocycles. The Morgan fingerprint density at radius 3 is 2.52 bits per heavy atom. The Morgan fingerprint density at radius 2 is 1.96 bits per heavy atom. The van der Waals surface area contributed by atoms with E-state index in [-0.39, 0.29) is 11.3 Å². The van der Waals surface area contributed by atoms with Gasteiger partial charge in [0.2, 0.25) is 0 Å². The zero-order valence-corrected chi connectivity index (χ0v) is 14.9. The summed E-state index contributed by atoms with van der Waals surface area (Å²) < 4.78 is 1.17. The first-order chi connectivity index (χ1) is 11.9. The van der Waals surface area contributed by atoms with E-state index < -0.39 is 5.56 Å². The quantitative estimate of drug-likeness (QED) is 0.850. The summed E-state index contributed by atoms with van der Waals surface area (Å²) in [6, 6.07) is 8.99. The molecule has 1 aromatic heterocycles. The summed E-state index contributed by atoms with van der Waals surface area (Å²) in [5.74, 6) is 0.0893. The number of benzene rings is 1. The smallest absolute Gasteiger partial charge is 0.289 e. The molecular weight excluding hydrogens is 316 g/mol. The van der Waals surface area contributed by atoms with Gasteiger partial charge in [0, 0.05) is 36.1 Å². The summed E-state index contributed by atoms with van der Waals surface area (Å²) in [5, 5.41) is 23.5. The maximum atomic E-state index is 12.3. The fourth-order valence-corrected chi connectivity index (χ4v) is 2.71. The number of pyridine rings is 1. The summed E-state index contributed by atoms with van der Waals surface area (Å²) in [6.45, 7) is 9.26. The van der Waals surface area contributed by atoms with Crippen LogP contribution in [0.25, 0.3) is 0 Å². The monoisotopic (exact) mass is 338 g/mol. The first-order valence-corrected chi connectivity index (χ1v) is 8.18. The fraction of sp³-hybridized carbons (Fsp3) is 0.316. The largest absolute Gasteiger partial charge is 0.507 e. The van der Waals surface area contributed by atoms with Gasteiger partial charge in [-0.2, -0.15) is 10.4 Å². The highest BCUT2D eigenvalue weighted by molar-refractivity contribution is 5.84. The number of rotatable bonds is 5. The highest BCUT2D eigenvalue weighted by atomic mass is 16.3. The summed E-state index contributed by atoms with van der Waals surface area (Å²) in [7, 11) is 0. The second-order valence-electron chi connectivity index (χ2n) is 5.73. The summed E-state index contributed by atoms with van der Waals surface area (Å²) in [4.78, 5) is 14.4. The van der Waals surface area contributed by atoms with Gasteiger partial charge in [0.05, 0.1) is 6.21 Å². The predicted molar refractivity (Wildman–Crippen MR) is 99.6 cm³/mol. The number of nitriles is 1. The molecule has 0 saturated carbocycles. The average molecular weight is 338 g/mol. The zero-order valence-electron chi connectivity index (χ0n) is 14.9. The molecule has 25 heavy (non-hydrogen) atoms. The molecule has 130 valence electrons. The Balaban J connectivity index is 2.41. The van der Waals surface area contributed by atoms with Crippen LogP contribution in [0.5, 0.6) is 5.75 Å². The molecule has 2 rings (SSSR count). The van der Waals surface area contributed by atoms with E-state index >= 15 is 0 Å². The molecule has 0 aliphatic rings. The van der Waals surface area contributed by atoms with Gasteiger partial charge in [-0.3, -0.25) is 4.79 Å². The van der Waals surface area contributed by atoms with Gasteiger partial charge in [0.25, 0.3) is 5.56 Å². The van der Waals surface area contributed by atoms with Crippen molar-refractivity contribution in [2.24, 2.45) is 5.10 Å². The minimum absolute atomic E-state index is 0.0730. The van der Waals surface area contributed by atoms with E-state index in [0.717, 1.165) is 18.8 Å². The Hall–Kier alpha value is -3.07. The lowest BCUT2D eigenvalue weighted by Crippen LogP contribution is -2.22. The van der Waals surface area contributed by atoms with Crippen LogP contribution in [0.4, 0.5) is 5.69 Å². The van der Waals surface area contributed by atoms with E-state index in [2.05, 4.69) is 23.8 Å². The van der Waals surface area contributed by atoms with Crippen LogP contribution in [-0.4, -0.2) is 29.1 Å². The van der Waals surface area contributed by atoms with E-state index in [1.54, 1.807) is 32.0 Å². The Kier molecular flexibility index (Phi) is 5.60. The summed E-state index contributed by atoms with van der Waals surface area (Å²) in [6.07, 6.45) is 1.42. The zero-order chi connectivity index (χ0) is 18.6. The number of aryl methyl sites for hydroxylation is 2. The molecule has 0 aliphatic heterocycles. The second kappa shape index (κ2) is 7.67. The summed E-state index contributed by atoms with van der Waals surface area (Å²) >= 11 is 0. The van der Waals surface area contributed by atoms with Crippen molar-refractivity contribution in [3.8, 4) is 11.8 Å². The van der Waals surface area contributed by atoms with E-state index in [4.69, 9.17) is 5.26 Å². The Morgan fingerprint density at radius 1 is 1.28 bits per heavy atom. The topological polar surface area (TPSA) is 81.6 Å². The van der Waals surface area contributed by atoms with Crippen molar-refractivity contribution in [3.63, 3.8) is 0 Å². The maximum Gasteiger partial charge on any atom is 0.289 e. The van der Waals surface area contributed by atoms with E-state index in [9.17, 15) is 9.90 Å². The number of aromatic nitrogens is 1. The SMILES string of the molecule is CCN(CC)c1ccc(C=Nn2c(C)cc(C)c(C#N)c2=O)c(O)c1. The van der Waals surface area contributed by atoms with Crippen molar-refractivity contribution in [2.75, 3.05) is 18.0 Å². The molecule has 0 radical (unpaired) electrons. The lowest BCUT2D eigenvalue weighted by Gasteiger charge is -2.21. The molecule has 0 atom stereocenters. The van der Waals surface area contributed by atoms with Gasteiger partial charge in [-0.05, 0) is 51.5 Å². The van der Waals surface area contributed by atoms with Crippen LogP contribution in [-0.2, 0) is 0 Å². The van der Waals surface area contributed by atoms with Crippen LogP contribution in [0.2, 0.25) is 0 Å². The standard InChI is InChI=1S/C19H22N4O2/c1-5-22(6-2)16-8-7-15(18(24)10-16)12-21-23-14(4)9-13(3)17(11-20)19(23)25/h7-10,12,24H,5-6H2,1-4H3. The van der Waals surface area contributed by atoms with Crippen molar-refractivity contribution in [1.29, 1.82) is 5.26 Å². The molecule has 0 spiro atoms. The number of hydrogen-bond acceptors (Lipinski definition) is 5. The van der Waals surface area contributed by atoms with Gasteiger partial charge in [-0.1, -0.05) is 0 Å². The van der Waals surface area contributed by atoms with Crippen molar-refractivity contribution in [3.05, 3.63) is 57.0 Å². The highest BCUT2D eigenvalue weighted by Crippen LogP contribution is 2.23. The molecule has 1 N–H and O–H groups in total. The molecule has 6 heteroatoms. The number of hydrogen-bond donors (Lipinski definition) is 1. The molecule has 6 nitrogen and oxygen atoms in total. The van der Waals surface area contributed by atoms with Crippen molar-refractivity contribution in [1.82, 2.24) is 4.68 Å². The van der Waals surface area contributed by atoms with E-state index in [1.807, 2.05) is 12.1 Å². The molecular formula is C19H22N4O2. The minimum atomic E-state index is -0.462. The van der Waals surface area contributed by atoms with E-state index in [1.165, 1.54) is 10.9 Å². The van der Waals surface area contributed by atoms with E-state index in [0.29, 0.717) is 16.8 Å². The van der Waals surface area contributed by atoms with Gasteiger partial charge in [0.15, 0.2) is 0 Å². The van der Waals surface area contributed by atoms with Gasteiger partial charge >= 0.3 is 0 Å². The van der Waals surface area contributed by atoms with Crippen LogP contribution in [0.1, 0.15) is 36.2 Å². The molecule has 0 saturated heterocycles. The minimum Gasteiger partial charge on any atom is -0.507 e. The number of aromatic hydroxyl groups is 1. The molecule has 1 heterocycles. The van der Waals surface area contributed by atoms with Crippen LogP contribution in [0.15, 0.2) is 34.2 Å². The molecule has 0 fully saturated rings. The fourth-order valence-electron chi connectivity index (χ4n) is 2.71. The van der Waals surface area contributed by atoms with Crippen molar-refractivity contribution >= 4 is 11.9 Å². The van der Waals surface area contributed by atoms with Gasteiger partial charge in [-0.25, -0.2) is 4.68 Å². The summed E-state index contributed by atoms with van der Waals surface area (Å²) in [5.41, 5.74) is 2.29. The predicted octanol–water partition coefficient (Wildman–Crippen LogP) is 2.77. The van der Waals surface area contributed by atoms with Gasteiger partial charge < -0.3 is 10.0 Å². The number of phenolic OH excluding ortho intramolecular Hbond substituents is 1. The van der Waals surface area contributed by atoms with Crippen LogP contribution >= 0.6 is 0 Å². The van der Waals surface area contributed by atoms with Crippen molar-refractivity contribution < 1.29 is 5.11 Å². The lowest BCUT2D eigenvalue weighted by atomic mass is 10.1. The Labute approximate surface area is 147 Å². The van der Waals surface area contributed by atoms with Crippen LogP contribution < -0.4 is 10.5 Å². The first kappa shape index (κ1) is 18.3. The highest BCUT2D eigenvalue weighted by Gasteiger charge is 2.10. The van der Waals surface area contributed by atoms with Crippen LogP contribution in [0.3, 0.4) is 0 Å². The number of phenols is 1. The number of nitrogens with zero attached hydrogens (tertiary/aromatic N) is 4. The normalized spacial score (nSPS) is 10.8. The second-order valence-corrected chi connectivity index (χ2v) is 5.73. The third-order valence-electron chi connectivity index (χ3n) is 4.13. The average Bonchev–Trinajstić information content (AvgIpc) is 2.57. The lowest BCUT2D eigenvalue weighted by molar-refractivity contribution is 0.474. The number of anilines is 1. The molecule has 1 aromatic carbocycles. The third-order valence-corrected chi connectivity index (χ3v) is 4.13. The third kappa shape index (κ3) is 3.72. The molecule has 0 amide bonds. The molecule has 0 unspecified atom stereocenters. The molecule has 0 bridgehead atoms. The van der Waals surface area contributed by atoms with Crippen molar-refractivity contribution in [2.45, 2.75) is 27.7 Å².